The van der Waals surface area contributed by atoms with Gasteiger partial charge >= 0.3 is 5.97 Å². The Morgan fingerprint density at radius 1 is 1.42 bits per heavy atom. The van der Waals surface area contributed by atoms with E-state index in [1.54, 1.807) is 0 Å². The second-order valence-electron chi connectivity index (χ2n) is 4.55. The van der Waals surface area contributed by atoms with E-state index < -0.39 is 12.0 Å². The van der Waals surface area contributed by atoms with Crippen molar-refractivity contribution in [2.45, 2.75) is 18.9 Å². The first-order valence-corrected chi connectivity index (χ1v) is 6.86. The Morgan fingerprint density at radius 3 is 3.05 bits per heavy atom. The maximum Gasteiger partial charge on any atom is 0.326 e. The summed E-state index contributed by atoms with van der Waals surface area (Å²) in [6, 6.07) is 5.26. The first kappa shape index (κ1) is 12.3. The largest absolute Gasteiger partial charge is 0.480 e. The van der Waals surface area contributed by atoms with E-state index in [1.165, 1.54) is 6.33 Å². The summed E-state index contributed by atoms with van der Waals surface area (Å²) in [7, 11) is 0. The molecule has 1 unspecified atom stereocenters. The maximum absolute atomic E-state index is 11.3. The van der Waals surface area contributed by atoms with Crippen LogP contribution in [-0.4, -0.2) is 33.6 Å². The summed E-state index contributed by atoms with van der Waals surface area (Å²) in [5, 5.41) is 10.2. The third-order valence-corrected chi connectivity index (χ3v) is 3.88. The molecule has 1 aliphatic heterocycles. The van der Waals surface area contributed by atoms with Crippen LogP contribution in [0.4, 0.5) is 5.82 Å². The van der Waals surface area contributed by atoms with Crippen LogP contribution in [0.15, 0.2) is 29.0 Å². The lowest BCUT2D eigenvalue weighted by Crippen LogP contribution is -2.36. The molecule has 1 N–H and O–H groups in total. The Balaban J connectivity index is 2.14. The van der Waals surface area contributed by atoms with Crippen LogP contribution in [-0.2, 0) is 4.79 Å². The number of aliphatic carboxylic acids is 1. The molecular formula is C13H12BrN3O2. The van der Waals surface area contributed by atoms with E-state index in [-0.39, 0.29) is 0 Å². The van der Waals surface area contributed by atoms with Gasteiger partial charge in [0.25, 0.3) is 0 Å². The minimum absolute atomic E-state index is 0.489. The van der Waals surface area contributed by atoms with Crippen LogP contribution >= 0.6 is 15.9 Å². The highest BCUT2D eigenvalue weighted by atomic mass is 79.9. The number of nitrogens with zero attached hydrogens (tertiary/aromatic N) is 3. The average Bonchev–Trinajstić information content (AvgIpc) is 2.87. The van der Waals surface area contributed by atoms with Crippen LogP contribution in [0.25, 0.3) is 10.9 Å². The number of hydrogen-bond donors (Lipinski definition) is 1. The molecule has 1 saturated heterocycles. The molecule has 1 aromatic heterocycles. The predicted molar refractivity (Wildman–Crippen MR) is 75.2 cm³/mol. The number of anilines is 1. The molecule has 1 fully saturated rings. The van der Waals surface area contributed by atoms with Gasteiger partial charge in [-0.25, -0.2) is 14.8 Å². The van der Waals surface area contributed by atoms with E-state index in [2.05, 4.69) is 25.9 Å². The van der Waals surface area contributed by atoms with Crippen molar-refractivity contribution >= 4 is 38.6 Å². The predicted octanol–water partition coefficient (Wildman–Crippen LogP) is 2.45. The Hall–Kier alpha value is -1.69. The SMILES string of the molecule is O=C(O)C1CCCN1c1ncnc2ccc(Br)cc12. The van der Waals surface area contributed by atoms with Gasteiger partial charge in [0.1, 0.15) is 18.2 Å². The molecule has 98 valence electrons. The van der Waals surface area contributed by atoms with Crippen molar-refractivity contribution in [3.8, 4) is 0 Å². The molecule has 3 rings (SSSR count). The van der Waals surface area contributed by atoms with Crippen molar-refractivity contribution in [2.75, 3.05) is 11.4 Å². The standard InChI is InChI=1S/C13H12BrN3O2/c14-8-3-4-10-9(6-8)12(16-7-15-10)17-5-1-2-11(17)13(18)19/h3-4,6-7,11H,1-2,5H2,(H,18,19). The summed E-state index contributed by atoms with van der Waals surface area (Å²) < 4.78 is 0.933. The number of benzene rings is 1. The van der Waals surface area contributed by atoms with E-state index in [4.69, 9.17) is 0 Å². The van der Waals surface area contributed by atoms with Crippen LogP contribution in [0, 0.1) is 0 Å². The zero-order chi connectivity index (χ0) is 13.4. The lowest BCUT2D eigenvalue weighted by atomic mass is 10.2. The third-order valence-electron chi connectivity index (χ3n) is 3.39. The molecule has 0 aliphatic carbocycles. The molecule has 0 radical (unpaired) electrons. The number of carboxylic acid groups (broad SMARTS) is 1. The van der Waals surface area contributed by atoms with Gasteiger partial charge in [0, 0.05) is 16.4 Å². The van der Waals surface area contributed by atoms with Crippen LogP contribution in [0.5, 0.6) is 0 Å². The number of hydrogen-bond acceptors (Lipinski definition) is 4. The zero-order valence-electron chi connectivity index (χ0n) is 10.1. The van der Waals surface area contributed by atoms with E-state index >= 15 is 0 Å². The van der Waals surface area contributed by atoms with E-state index in [0.717, 1.165) is 28.3 Å². The molecule has 19 heavy (non-hydrogen) atoms. The molecule has 2 heterocycles. The molecule has 0 spiro atoms. The fourth-order valence-corrected chi connectivity index (χ4v) is 2.88. The second kappa shape index (κ2) is 4.77. The molecule has 0 saturated carbocycles. The molecule has 0 bridgehead atoms. The lowest BCUT2D eigenvalue weighted by molar-refractivity contribution is -0.138. The number of fused-ring (bicyclic) bond motifs is 1. The van der Waals surface area contributed by atoms with Gasteiger partial charge in [0.2, 0.25) is 0 Å². The number of aromatic nitrogens is 2. The highest BCUT2D eigenvalue weighted by Crippen LogP contribution is 2.31. The van der Waals surface area contributed by atoms with E-state index in [9.17, 15) is 9.90 Å². The maximum atomic E-state index is 11.3. The number of rotatable bonds is 2. The minimum atomic E-state index is -0.792. The van der Waals surface area contributed by atoms with Crippen molar-refractivity contribution < 1.29 is 9.90 Å². The monoisotopic (exact) mass is 321 g/mol. The molecule has 1 atom stereocenters. The Labute approximate surface area is 118 Å². The van der Waals surface area contributed by atoms with Gasteiger partial charge in [0.15, 0.2) is 0 Å². The minimum Gasteiger partial charge on any atom is -0.480 e. The van der Waals surface area contributed by atoms with Gasteiger partial charge in [-0.2, -0.15) is 0 Å². The Kier molecular flexibility index (Phi) is 3.10. The van der Waals surface area contributed by atoms with Gasteiger partial charge in [-0.15, -0.1) is 0 Å². The topological polar surface area (TPSA) is 66.3 Å². The van der Waals surface area contributed by atoms with Gasteiger partial charge in [0.05, 0.1) is 5.52 Å². The zero-order valence-corrected chi connectivity index (χ0v) is 11.7. The molecule has 2 aromatic rings. The van der Waals surface area contributed by atoms with Gasteiger partial charge < -0.3 is 10.0 Å². The van der Waals surface area contributed by atoms with Gasteiger partial charge in [-0.05, 0) is 31.0 Å². The normalized spacial score (nSPS) is 19.0. The molecule has 5 nitrogen and oxygen atoms in total. The van der Waals surface area contributed by atoms with E-state index in [0.29, 0.717) is 12.2 Å². The smallest absolute Gasteiger partial charge is 0.326 e. The highest BCUT2D eigenvalue weighted by Gasteiger charge is 2.32. The summed E-state index contributed by atoms with van der Waals surface area (Å²) in [6.45, 7) is 0.718. The van der Waals surface area contributed by atoms with E-state index in [1.807, 2.05) is 23.1 Å². The first-order chi connectivity index (χ1) is 9.16. The Bertz CT molecular complexity index is 647. The molecule has 1 aromatic carbocycles. The molecule has 6 heteroatoms. The van der Waals surface area contributed by atoms with Crippen molar-refractivity contribution in [1.82, 2.24) is 9.97 Å². The quantitative estimate of drug-likeness (QED) is 0.920. The summed E-state index contributed by atoms with van der Waals surface area (Å²) in [4.78, 5) is 21.7. The van der Waals surface area contributed by atoms with Crippen LogP contribution in [0.3, 0.4) is 0 Å². The number of carbonyl (C=O) groups is 1. The second-order valence-corrected chi connectivity index (χ2v) is 5.46. The number of carboxylic acids is 1. The van der Waals surface area contributed by atoms with Crippen molar-refractivity contribution in [1.29, 1.82) is 0 Å². The molecule has 0 amide bonds. The van der Waals surface area contributed by atoms with Gasteiger partial charge in [-0.1, -0.05) is 15.9 Å². The molecular weight excluding hydrogens is 310 g/mol. The first-order valence-electron chi connectivity index (χ1n) is 6.06. The Morgan fingerprint density at radius 2 is 2.26 bits per heavy atom. The van der Waals surface area contributed by atoms with Crippen molar-refractivity contribution in [3.63, 3.8) is 0 Å². The van der Waals surface area contributed by atoms with Crippen LogP contribution in [0.1, 0.15) is 12.8 Å². The highest BCUT2D eigenvalue weighted by molar-refractivity contribution is 9.10. The third kappa shape index (κ3) is 2.16. The average molecular weight is 322 g/mol. The molecule has 1 aliphatic rings. The summed E-state index contributed by atoms with van der Waals surface area (Å²) in [5.74, 6) is -0.0875. The van der Waals surface area contributed by atoms with Crippen molar-refractivity contribution in [3.05, 3.63) is 29.0 Å². The number of halogens is 1. The fraction of sp³-hybridized carbons (Fsp3) is 0.308. The summed E-state index contributed by atoms with van der Waals surface area (Å²) in [5.41, 5.74) is 0.823. The lowest BCUT2D eigenvalue weighted by Gasteiger charge is -2.23. The van der Waals surface area contributed by atoms with Gasteiger partial charge in [-0.3, -0.25) is 0 Å². The summed E-state index contributed by atoms with van der Waals surface area (Å²) >= 11 is 3.43. The van der Waals surface area contributed by atoms with Crippen LogP contribution < -0.4 is 4.90 Å². The fourth-order valence-electron chi connectivity index (χ4n) is 2.52. The summed E-state index contributed by atoms with van der Waals surface area (Å²) in [6.07, 6.45) is 3.02. The van der Waals surface area contributed by atoms with Crippen molar-refractivity contribution in [2.24, 2.45) is 0 Å². The van der Waals surface area contributed by atoms with Crippen LogP contribution in [0.2, 0.25) is 0 Å².